The molecule has 1 aliphatic rings. The van der Waals surface area contributed by atoms with E-state index in [-0.39, 0.29) is 12.5 Å². The van der Waals surface area contributed by atoms with Crippen molar-refractivity contribution >= 4 is 5.91 Å². The molecule has 64 heavy (non-hydrogen) atoms. The van der Waals surface area contributed by atoms with E-state index in [1.165, 1.54) is 103 Å². The number of amides is 1. The fourth-order valence-electron chi connectivity index (χ4n) is 7.93. The van der Waals surface area contributed by atoms with Crippen LogP contribution in [0.5, 0.6) is 0 Å². The van der Waals surface area contributed by atoms with Gasteiger partial charge in [-0.3, -0.25) is 4.79 Å². The second-order valence-electron chi connectivity index (χ2n) is 17.9. The van der Waals surface area contributed by atoms with E-state index in [0.717, 1.165) is 83.5 Å². The Morgan fingerprint density at radius 2 is 0.969 bits per heavy atom. The van der Waals surface area contributed by atoms with Crippen LogP contribution >= 0.6 is 0 Å². The minimum atomic E-state index is -1.55. The maximum atomic E-state index is 12.9. The first-order valence-electron chi connectivity index (χ1n) is 26.1. The van der Waals surface area contributed by atoms with Crippen LogP contribution in [0.15, 0.2) is 72.9 Å². The summed E-state index contributed by atoms with van der Waals surface area (Å²) in [5.74, 6) is -0.154. The molecule has 0 spiro atoms. The van der Waals surface area contributed by atoms with E-state index >= 15 is 0 Å². The van der Waals surface area contributed by atoms with E-state index in [1.807, 2.05) is 0 Å². The van der Waals surface area contributed by atoms with Gasteiger partial charge in [-0.15, -0.1) is 0 Å². The summed E-state index contributed by atoms with van der Waals surface area (Å²) in [5.41, 5.74) is 0. The number of allylic oxidation sites excluding steroid dienone is 12. The summed E-state index contributed by atoms with van der Waals surface area (Å²) >= 11 is 0. The van der Waals surface area contributed by atoms with Crippen molar-refractivity contribution in [3.8, 4) is 0 Å². The number of aliphatic hydroxyl groups excluding tert-OH is 5. The Morgan fingerprint density at radius 1 is 0.547 bits per heavy atom. The van der Waals surface area contributed by atoms with E-state index in [4.69, 9.17) is 9.47 Å². The number of nitrogens with one attached hydrogen (secondary N) is 1. The smallest absolute Gasteiger partial charge is 0.220 e. The molecule has 0 aliphatic carbocycles. The Kier molecular flexibility index (Phi) is 41.4. The minimum Gasteiger partial charge on any atom is -0.394 e. The largest absolute Gasteiger partial charge is 0.394 e. The van der Waals surface area contributed by atoms with Gasteiger partial charge in [-0.1, -0.05) is 215 Å². The molecule has 0 bridgehead atoms. The molecule has 1 aliphatic heterocycles. The van der Waals surface area contributed by atoms with Gasteiger partial charge in [-0.05, 0) is 64.2 Å². The van der Waals surface area contributed by atoms with Gasteiger partial charge in [-0.2, -0.15) is 0 Å². The van der Waals surface area contributed by atoms with Crippen LogP contribution in [0.2, 0.25) is 0 Å². The molecule has 0 aromatic carbocycles. The van der Waals surface area contributed by atoms with Crippen LogP contribution in [-0.4, -0.2) is 87.5 Å². The first-order valence-corrected chi connectivity index (χ1v) is 26.1. The molecule has 9 nitrogen and oxygen atoms in total. The summed E-state index contributed by atoms with van der Waals surface area (Å²) in [6, 6.07) is -0.715. The molecule has 7 unspecified atom stereocenters. The van der Waals surface area contributed by atoms with Gasteiger partial charge in [0.05, 0.1) is 25.4 Å². The third-order valence-electron chi connectivity index (χ3n) is 12.1. The maximum Gasteiger partial charge on any atom is 0.220 e. The lowest BCUT2D eigenvalue weighted by molar-refractivity contribution is -0.302. The second-order valence-corrected chi connectivity index (χ2v) is 17.9. The fraction of sp³-hybridized carbons (Fsp3) is 0.764. The molecule has 9 heteroatoms. The number of carbonyl (C=O) groups is 1. The highest BCUT2D eigenvalue weighted by Gasteiger charge is 2.44. The molecule has 1 heterocycles. The lowest BCUT2D eigenvalue weighted by Crippen LogP contribution is -2.60. The van der Waals surface area contributed by atoms with Crippen LogP contribution < -0.4 is 5.32 Å². The standard InChI is InChI=1S/C55H97NO8/c1-3-5-7-9-10-11-12-13-14-15-16-17-18-19-20-21-22-23-24-25-26-27-28-29-30-31-32-33-34-35-36-37-38-39-40-41-43-45-51(59)56-48(49(58)44-42-8-6-4-2)47-63-55-54(62)53(61)52(60)50(46-57)64-55/h5,7,10-11,13-14,16-17,19-20,22-23,48-50,52-55,57-58,60-62H,3-4,6,8-9,12,15,18,21,24-47H2,1-2H3,(H,56,59)/b7-5-,11-10-,14-13-,17-16-,20-19-,23-22-. The average Bonchev–Trinajstić information content (AvgIpc) is 3.29. The zero-order chi connectivity index (χ0) is 46.6. The molecule has 1 amide bonds. The second kappa shape index (κ2) is 44.5. The summed E-state index contributed by atoms with van der Waals surface area (Å²) in [6.07, 6.45) is 54.5. The maximum absolute atomic E-state index is 12.9. The SMILES string of the molecule is CC/C=C\C/C=C\C/C=C\C/C=C\C/C=C\C/C=C\CCCCCCCCCCCCCCCCCCCCC(=O)NC(COC1OC(CO)C(O)C(O)C1O)C(O)CCCCCC. The van der Waals surface area contributed by atoms with Gasteiger partial charge in [0.15, 0.2) is 6.29 Å². The van der Waals surface area contributed by atoms with Crippen LogP contribution in [0, 0.1) is 0 Å². The lowest BCUT2D eigenvalue weighted by Gasteiger charge is -2.40. The van der Waals surface area contributed by atoms with Crippen molar-refractivity contribution in [3.05, 3.63) is 72.9 Å². The van der Waals surface area contributed by atoms with Crippen LogP contribution in [0.1, 0.15) is 213 Å². The van der Waals surface area contributed by atoms with Gasteiger partial charge in [0.2, 0.25) is 5.91 Å². The summed E-state index contributed by atoms with van der Waals surface area (Å²) in [5, 5.41) is 53.8. The van der Waals surface area contributed by atoms with E-state index < -0.39 is 49.5 Å². The Morgan fingerprint density at radius 3 is 1.42 bits per heavy atom. The van der Waals surface area contributed by atoms with Crippen LogP contribution in [0.25, 0.3) is 0 Å². The van der Waals surface area contributed by atoms with E-state index in [9.17, 15) is 30.3 Å². The Labute approximate surface area is 391 Å². The number of rotatable bonds is 43. The highest BCUT2D eigenvalue weighted by atomic mass is 16.7. The van der Waals surface area contributed by atoms with Crippen LogP contribution in [-0.2, 0) is 14.3 Å². The number of carbonyl (C=O) groups excluding carboxylic acids is 1. The molecule has 370 valence electrons. The van der Waals surface area contributed by atoms with Gasteiger partial charge in [0.25, 0.3) is 0 Å². The molecular formula is C55H97NO8. The summed E-state index contributed by atoms with van der Waals surface area (Å²) in [7, 11) is 0. The quantitative estimate of drug-likeness (QED) is 0.0262. The van der Waals surface area contributed by atoms with Crippen molar-refractivity contribution in [2.45, 2.75) is 256 Å². The van der Waals surface area contributed by atoms with Gasteiger partial charge in [0.1, 0.15) is 24.4 Å². The number of unbranched alkanes of at least 4 members (excludes halogenated alkanes) is 21. The van der Waals surface area contributed by atoms with Crippen molar-refractivity contribution < 1.29 is 39.8 Å². The molecule has 0 aromatic heterocycles. The predicted molar refractivity (Wildman–Crippen MR) is 267 cm³/mol. The van der Waals surface area contributed by atoms with Crippen molar-refractivity contribution in [1.29, 1.82) is 0 Å². The highest BCUT2D eigenvalue weighted by Crippen LogP contribution is 2.23. The number of ether oxygens (including phenoxy) is 2. The molecular weight excluding hydrogens is 803 g/mol. The normalized spacial score (nSPS) is 20.6. The minimum absolute atomic E-state index is 0.142. The van der Waals surface area contributed by atoms with Gasteiger partial charge in [0, 0.05) is 6.42 Å². The van der Waals surface area contributed by atoms with Gasteiger partial charge in [-0.25, -0.2) is 0 Å². The van der Waals surface area contributed by atoms with E-state index in [2.05, 4.69) is 92.1 Å². The molecule has 1 rings (SSSR count). The molecule has 0 saturated carbocycles. The summed E-state index contributed by atoms with van der Waals surface area (Å²) < 4.78 is 11.1. The lowest BCUT2D eigenvalue weighted by atomic mass is 9.99. The molecule has 7 atom stereocenters. The third-order valence-corrected chi connectivity index (χ3v) is 12.1. The molecule has 1 saturated heterocycles. The fourth-order valence-corrected chi connectivity index (χ4v) is 7.93. The Hall–Kier alpha value is -2.37. The highest BCUT2D eigenvalue weighted by molar-refractivity contribution is 5.76. The van der Waals surface area contributed by atoms with Crippen LogP contribution in [0.4, 0.5) is 0 Å². The van der Waals surface area contributed by atoms with Crippen molar-refractivity contribution in [1.82, 2.24) is 5.32 Å². The van der Waals surface area contributed by atoms with E-state index in [1.54, 1.807) is 0 Å². The molecule has 1 fully saturated rings. The Bertz CT molecular complexity index is 1230. The first kappa shape index (κ1) is 59.6. The van der Waals surface area contributed by atoms with E-state index in [0.29, 0.717) is 12.8 Å². The zero-order valence-corrected chi connectivity index (χ0v) is 40.8. The summed E-state index contributed by atoms with van der Waals surface area (Å²) in [4.78, 5) is 12.9. The van der Waals surface area contributed by atoms with Crippen molar-refractivity contribution in [2.75, 3.05) is 13.2 Å². The van der Waals surface area contributed by atoms with Crippen molar-refractivity contribution in [2.24, 2.45) is 0 Å². The number of hydrogen-bond donors (Lipinski definition) is 6. The number of aliphatic hydroxyl groups is 5. The zero-order valence-electron chi connectivity index (χ0n) is 40.8. The average molecular weight is 900 g/mol. The third kappa shape index (κ3) is 34.0. The summed E-state index contributed by atoms with van der Waals surface area (Å²) in [6.45, 7) is 3.59. The molecule has 0 radical (unpaired) electrons. The predicted octanol–water partition coefficient (Wildman–Crippen LogP) is 12.1. The molecule has 6 N–H and O–H groups in total. The first-order chi connectivity index (χ1) is 31.3. The van der Waals surface area contributed by atoms with Gasteiger partial charge < -0.3 is 40.3 Å². The Balaban J connectivity index is 1.97. The number of hydrogen-bond acceptors (Lipinski definition) is 8. The van der Waals surface area contributed by atoms with Gasteiger partial charge >= 0.3 is 0 Å². The topological polar surface area (TPSA) is 149 Å². The monoisotopic (exact) mass is 900 g/mol. The van der Waals surface area contributed by atoms with Crippen LogP contribution in [0.3, 0.4) is 0 Å². The molecule has 0 aromatic rings. The van der Waals surface area contributed by atoms with Crippen molar-refractivity contribution in [3.63, 3.8) is 0 Å².